The Hall–Kier alpha value is -2.09. The number of nitrogens with one attached hydrogen (secondary N) is 1. The van der Waals surface area contributed by atoms with E-state index < -0.39 is 0 Å². The quantitative estimate of drug-likeness (QED) is 0.721. The summed E-state index contributed by atoms with van der Waals surface area (Å²) in [6.07, 6.45) is 1.07. The number of benzene rings is 2. The fourth-order valence-electron chi connectivity index (χ4n) is 3.03. The van der Waals surface area contributed by atoms with Crippen molar-refractivity contribution in [3.8, 4) is 0 Å². The highest BCUT2D eigenvalue weighted by Crippen LogP contribution is 2.22. The first-order valence-corrected chi connectivity index (χ1v) is 9.63. The van der Waals surface area contributed by atoms with Crippen LogP contribution in [0.5, 0.6) is 0 Å². The van der Waals surface area contributed by atoms with Gasteiger partial charge in [0.15, 0.2) is 0 Å². The maximum atomic E-state index is 12.5. The Bertz CT molecular complexity index is 705. The lowest BCUT2D eigenvalue weighted by atomic mass is 9.87. The van der Waals surface area contributed by atoms with Gasteiger partial charge in [0.25, 0.3) is 0 Å². The van der Waals surface area contributed by atoms with Gasteiger partial charge in [0.05, 0.1) is 5.92 Å². The molecule has 0 fully saturated rings. The van der Waals surface area contributed by atoms with Gasteiger partial charge in [-0.1, -0.05) is 83.1 Å². The van der Waals surface area contributed by atoms with Crippen LogP contribution in [-0.2, 0) is 23.2 Å². The van der Waals surface area contributed by atoms with E-state index in [2.05, 4.69) is 88.5 Å². The zero-order chi connectivity index (χ0) is 19.3. The predicted molar refractivity (Wildman–Crippen MR) is 110 cm³/mol. The van der Waals surface area contributed by atoms with Crippen LogP contribution in [0.25, 0.3) is 0 Å². The van der Waals surface area contributed by atoms with Gasteiger partial charge >= 0.3 is 0 Å². The van der Waals surface area contributed by atoms with Crippen molar-refractivity contribution in [3.05, 3.63) is 70.8 Å². The van der Waals surface area contributed by atoms with Crippen LogP contribution in [0.15, 0.2) is 48.5 Å². The van der Waals surface area contributed by atoms with Gasteiger partial charge in [-0.3, -0.25) is 4.79 Å². The highest BCUT2D eigenvalue weighted by atomic mass is 16.1. The molecule has 2 rings (SSSR count). The Labute approximate surface area is 159 Å². The van der Waals surface area contributed by atoms with Gasteiger partial charge in [-0.2, -0.15) is 0 Å². The molecule has 1 N–H and O–H groups in total. The molecule has 0 saturated carbocycles. The number of rotatable bonds is 6. The first-order chi connectivity index (χ1) is 12.2. The van der Waals surface area contributed by atoms with E-state index in [-0.39, 0.29) is 17.2 Å². The minimum atomic E-state index is -0.142. The van der Waals surface area contributed by atoms with Crippen LogP contribution in [0, 0.1) is 5.92 Å². The number of amides is 1. The fraction of sp³-hybridized carbons (Fsp3) is 0.458. The van der Waals surface area contributed by atoms with Gasteiger partial charge in [-0.05, 0) is 46.9 Å². The minimum absolute atomic E-state index is 0.0708. The first-order valence-electron chi connectivity index (χ1n) is 9.63. The third kappa shape index (κ3) is 5.72. The summed E-state index contributed by atoms with van der Waals surface area (Å²) in [4.78, 5) is 12.5. The van der Waals surface area contributed by atoms with Crippen molar-refractivity contribution in [2.75, 3.05) is 0 Å². The Kier molecular flexibility index (Phi) is 6.63. The standard InChI is InChI=1S/C24H33NO/c1-17(2)15-19-7-11-21(12-8-19)18(3)23(26)25-16-20-9-13-22(14-10-20)24(4,5)6/h7-14,17-18H,15-16H2,1-6H3,(H,25,26). The summed E-state index contributed by atoms with van der Waals surface area (Å²) in [6, 6.07) is 17.0. The summed E-state index contributed by atoms with van der Waals surface area (Å²) in [7, 11) is 0. The average molecular weight is 352 g/mol. The number of carbonyl (C=O) groups excluding carboxylic acids is 1. The molecule has 2 heteroatoms. The summed E-state index contributed by atoms with van der Waals surface area (Å²) in [6.45, 7) is 13.6. The summed E-state index contributed by atoms with van der Waals surface area (Å²) in [5, 5.41) is 3.06. The van der Waals surface area contributed by atoms with Crippen LogP contribution in [0.1, 0.15) is 69.7 Å². The topological polar surface area (TPSA) is 29.1 Å². The lowest BCUT2D eigenvalue weighted by Gasteiger charge is -2.19. The lowest BCUT2D eigenvalue weighted by Crippen LogP contribution is -2.27. The molecule has 0 aliphatic carbocycles. The molecule has 1 amide bonds. The molecular formula is C24H33NO. The monoisotopic (exact) mass is 351 g/mol. The number of hydrogen-bond donors (Lipinski definition) is 1. The zero-order valence-corrected chi connectivity index (χ0v) is 17.1. The molecule has 26 heavy (non-hydrogen) atoms. The van der Waals surface area contributed by atoms with Gasteiger partial charge < -0.3 is 5.32 Å². The molecule has 0 aliphatic rings. The molecule has 0 radical (unpaired) electrons. The Morgan fingerprint density at radius 3 is 1.92 bits per heavy atom. The second-order valence-corrected chi connectivity index (χ2v) is 8.73. The van der Waals surface area contributed by atoms with Gasteiger partial charge in [-0.15, -0.1) is 0 Å². The van der Waals surface area contributed by atoms with Crippen molar-refractivity contribution in [1.29, 1.82) is 0 Å². The second-order valence-electron chi connectivity index (χ2n) is 8.73. The SMILES string of the molecule is CC(C)Cc1ccc(C(C)C(=O)NCc2ccc(C(C)(C)C)cc2)cc1. The normalized spacial score (nSPS) is 12.9. The van der Waals surface area contributed by atoms with Crippen molar-refractivity contribution in [2.24, 2.45) is 5.92 Å². The molecule has 0 aromatic heterocycles. The molecular weight excluding hydrogens is 318 g/mol. The van der Waals surface area contributed by atoms with Crippen molar-refractivity contribution >= 4 is 5.91 Å². The van der Waals surface area contributed by atoms with Crippen molar-refractivity contribution in [1.82, 2.24) is 5.32 Å². The van der Waals surface area contributed by atoms with Crippen molar-refractivity contribution < 1.29 is 4.79 Å². The van der Waals surface area contributed by atoms with Gasteiger partial charge in [-0.25, -0.2) is 0 Å². The zero-order valence-electron chi connectivity index (χ0n) is 17.1. The maximum absolute atomic E-state index is 12.5. The number of hydrogen-bond acceptors (Lipinski definition) is 1. The van der Waals surface area contributed by atoms with E-state index in [1.807, 2.05) is 6.92 Å². The molecule has 1 unspecified atom stereocenters. The molecule has 2 nitrogen and oxygen atoms in total. The fourth-order valence-corrected chi connectivity index (χ4v) is 3.03. The van der Waals surface area contributed by atoms with E-state index in [4.69, 9.17) is 0 Å². The molecule has 1 atom stereocenters. The molecule has 140 valence electrons. The van der Waals surface area contributed by atoms with Crippen molar-refractivity contribution in [3.63, 3.8) is 0 Å². The van der Waals surface area contributed by atoms with E-state index in [0.29, 0.717) is 12.5 Å². The van der Waals surface area contributed by atoms with Crippen LogP contribution in [0.3, 0.4) is 0 Å². The predicted octanol–water partition coefficient (Wildman–Crippen LogP) is 5.60. The largest absolute Gasteiger partial charge is 0.352 e. The highest BCUT2D eigenvalue weighted by molar-refractivity contribution is 5.83. The van der Waals surface area contributed by atoms with Crippen LogP contribution >= 0.6 is 0 Å². The molecule has 0 saturated heterocycles. The molecule has 2 aromatic rings. The molecule has 0 heterocycles. The van der Waals surface area contributed by atoms with E-state index in [1.165, 1.54) is 11.1 Å². The highest BCUT2D eigenvalue weighted by Gasteiger charge is 2.16. The van der Waals surface area contributed by atoms with E-state index >= 15 is 0 Å². The average Bonchev–Trinajstić information content (AvgIpc) is 2.59. The van der Waals surface area contributed by atoms with Crippen LogP contribution in [0.2, 0.25) is 0 Å². The third-order valence-corrected chi connectivity index (χ3v) is 4.80. The smallest absolute Gasteiger partial charge is 0.227 e. The van der Waals surface area contributed by atoms with E-state index in [0.717, 1.165) is 17.5 Å². The Balaban J connectivity index is 1.92. The Morgan fingerprint density at radius 1 is 0.885 bits per heavy atom. The Morgan fingerprint density at radius 2 is 1.42 bits per heavy atom. The number of carbonyl (C=O) groups is 1. The van der Waals surface area contributed by atoms with Crippen molar-refractivity contribution in [2.45, 2.75) is 65.8 Å². The maximum Gasteiger partial charge on any atom is 0.227 e. The molecule has 0 spiro atoms. The molecule has 0 aliphatic heterocycles. The first kappa shape index (κ1) is 20.2. The van der Waals surface area contributed by atoms with Gasteiger partial charge in [0, 0.05) is 6.54 Å². The lowest BCUT2D eigenvalue weighted by molar-refractivity contribution is -0.122. The molecule has 2 aromatic carbocycles. The van der Waals surface area contributed by atoms with E-state index in [1.54, 1.807) is 0 Å². The summed E-state index contributed by atoms with van der Waals surface area (Å²) < 4.78 is 0. The van der Waals surface area contributed by atoms with Gasteiger partial charge in [0.1, 0.15) is 0 Å². The summed E-state index contributed by atoms with van der Waals surface area (Å²) in [5.41, 5.74) is 4.99. The molecule has 0 bridgehead atoms. The van der Waals surface area contributed by atoms with Crippen LogP contribution in [-0.4, -0.2) is 5.91 Å². The third-order valence-electron chi connectivity index (χ3n) is 4.80. The minimum Gasteiger partial charge on any atom is -0.352 e. The van der Waals surface area contributed by atoms with Gasteiger partial charge in [0.2, 0.25) is 5.91 Å². The summed E-state index contributed by atoms with van der Waals surface area (Å²) >= 11 is 0. The van der Waals surface area contributed by atoms with Crippen LogP contribution < -0.4 is 5.32 Å². The summed E-state index contributed by atoms with van der Waals surface area (Å²) in [5.74, 6) is 0.574. The van der Waals surface area contributed by atoms with E-state index in [9.17, 15) is 4.79 Å². The second kappa shape index (κ2) is 8.53. The van der Waals surface area contributed by atoms with Crippen LogP contribution in [0.4, 0.5) is 0 Å².